The number of ketones is 1. The van der Waals surface area contributed by atoms with Gasteiger partial charge >= 0.3 is 0 Å². The van der Waals surface area contributed by atoms with Gasteiger partial charge in [0.25, 0.3) is 0 Å². The minimum absolute atomic E-state index is 0.0155. The average molecular weight is 388 g/mol. The molecule has 112 valence electrons. The van der Waals surface area contributed by atoms with Crippen LogP contribution in [0.4, 0.5) is 5.13 Å². The summed E-state index contributed by atoms with van der Waals surface area (Å²) in [6.45, 7) is 2.23. The lowest BCUT2D eigenvalue weighted by Crippen LogP contribution is -2.13. The molecule has 0 bridgehead atoms. The van der Waals surface area contributed by atoms with E-state index < -0.39 is 0 Å². The molecule has 0 radical (unpaired) electrons. The molecule has 2 rings (SSSR count). The lowest BCUT2D eigenvalue weighted by Gasteiger charge is -2.06. The molecule has 2 aromatic rings. The van der Waals surface area contributed by atoms with Gasteiger partial charge in [-0.3, -0.25) is 4.79 Å². The Balaban J connectivity index is 1.96. The Hall–Kier alpha value is -1.12. The standard InChI is InChI=1S/C13H14BrN3O2S2/c1-3-20-13-16-12(21-17-13)15-7-10(18)8-4-5-11(19-2)9(14)6-8/h4-6H,3,7H2,1-2H3,(H,15,16,17). The second kappa shape index (κ2) is 7.77. The summed E-state index contributed by atoms with van der Waals surface area (Å²) >= 11 is 6.21. The van der Waals surface area contributed by atoms with E-state index in [-0.39, 0.29) is 12.3 Å². The fourth-order valence-corrected chi connectivity index (χ4v) is 3.37. The number of halogens is 1. The highest BCUT2D eigenvalue weighted by atomic mass is 79.9. The number of thioether (sulfide) groups is 1. The van der Waals surface area contributed by atoms with E-state index in [9.17, 15) is 4.79 Å². The maximum Gasteiger partial charge on any atom is 0.203 e. The van der Waals surface area contributed by atoms with Crippen molar-refractivity contribution in [2.45, 2.75) is 12.1 Å². The van der Waals surface area contributed by atoms with Crippen molar-refractivity contribution in [2.24, 2.45) is 0 Å². The smallest absolute Gasteiger partial charge is 0.203 e. The van der Waals surface area contributed by atoms with Crippen LogP contribution in [0.25, 0.3) is 0 Å². The van der Waals surface area contributed by atoms with E-state index >= 15 is 0 Å². The first-order chi connectivity index (χ1) is 10.1. The molecule has 1 aromatic carbocycles. The number of carbonyl (C=O) groups excluding carboxylic acids is 1. The normalized spacial score (nSPS) is 10.4. The number of carbonyl (C=O) groups is 1. The molecular formula is C13H14BrN3O2S2. The van der Waals surface area contributed by atoms with Gasteiger partial charge in [0.1, 0.15) is 5.75 Å². The topological polar surface area (TPSA) is 64.1 Å². The predicted molar refractivity (Wildman–Crippen MR) is 89.8 cm³/mol. The van der Waals surface area contributed by atoms with Crippen LogP contribution in [0.5, 0.6) is 5.75 Å². The number of benzene rings is 1. The van der Waals surface area contributed by atoms with Gasteiger partial charge in [-0.1, -0.05) is 18.7 Å². The summed E-state index contributed by atoms with van der Waals surface area (Å²) in [7, 11) is 1.59. The molecule has 0 atom stereocenters. The highest BCUT2D eigenvalue weighted by molar-refractivity contribution is 9.10. The molecule has 1 aromatic heterocycles. The summed E-state index contributed by atoms with van der Waals surface area (Å²) in [6, 6.07) is 5.26. The van der Waals surface area contributed by atoms with Crippen LogP contribution in [-0.2, 0) is 0 Å². The predicted octanol–water partition coefficient (Wildman–Crippen LogP) is 3.72. The third-order valence-corrected chi connectivity index (χ3v) is 4.69. The molecule has 21 heavy (non-hydrogen) atoms. The number of rotatable bonds is 7. The van der Waals surface area contributed by atoms with Gasteiger partial charge in [-0.15, -0.1) is 0 Å². The van der Waals surface area contributed by atoms with Crippen LogP contribution in [0.1, 0.15) is 17.3 Å². The second-order valence-electron chi connectivity index (χ2n) is 3.94. The first kappa shape index (κ1) is 16.3. The van der Waals surface area contributed by atoms with E-state index in [2.05, 4.69) is 30.6 Å². The third-order valence-electron chi connectivity index (χ3n) is 2.55. The minimum atomic E-state index is -0.0155. The van der Waals surface area contributed by atoms with Crippen LogP contribution < -0.4 is 10.1 Å². The summed E-state index contributed by atoms with van der Waals surface area (Å²) in [4.78, 5) is 16.4. The van der Waals surface area contributed by atoms with Gasteiger partial charge in [0.15, 0.2) is 5.78 Å². The largest absolute Gasteiger partial charge is 0.496 e. The maximum absolute atomic E-state index is 12.1. The van der Waals surface area contributed by atoms with Crippen molar-refractivity contribution in [1.82, 2.24) is 9.36 Å². The zero-order chi connectivity index (χ0) is 15.2. The van der Waals surface area contributed by atoms with Crippen LogP contribution in [0.3, 0.4) is 0 Å². The molecule has 1 heterocycles. The highest BCUT2D eigenvalue weighted by Gasteiger charge is 2.10. The minimum Gasteiger partial charge on any atom is -0.496 e. The fraction of sp³-hybridized carbons (Fsp3) is 0.308. The number of hydrogen-bond acceptors (Lipinski definition) is 7. The van der Waals surface area contributed by atoms with Gasteiger partial charge in [0.2, 0.25) is 10.3 Å². The van der Waals surface area contributed by atoms with Crippen molar-refractivity contribution in [3.63, 3.8) is 0 Å². The first-order valence-corrected chi connectivity index (χ1v) is 8.76. The zero-order valence-electron chi connectivity index (χ0n) is 11.6. The highest BCUT2D eigenvalue weighted by Crippen LogP contribution is 2.26. The number of Topliss-reactive ketones (excluding diaryl/α,β-unsaturated/α-hetero) is 1. The molecule has 0 saturated carbocycles. The quantitative estimate of drug-likeness (QED) is 0.576. The van der Waals surface area contributed by atoms with Crippen molar-refractivity contribution in [1.29, 1.82) is 0 Å². The van der Waals surface area contributed by atoms with E-state index in [0.717, 1.165) is 15.4 Å². The summed E-state index contributed by atoms with van der Waals surface area (Å²) in [5.74, 6) is 1.61. The number of aromatic nitrogens is 2. The Morgan fingerprint density at radius 3 is 3.00 bits per heavy atom. The van der Waals surface area contributed by atoms with E-state index in [1.54, 1.807) is 37.1 Å². The Morgan fingerprint density at radius 2 is 2.33 bits per heavy atom. The SMILES string of the molecule is CCSc1nsc(NCC(=O)c2ccc(OC)c(Br)c2)n1. The molecule has 0 unspecified atom stereocenters. The van der Waals surface area contributed by atoms with Crippen LogP contribution in [0.2, 0.25) is 0 Å². The zero-order valence-corrected chi connectivity index (χ0v) is 14.8. The Kier molecular flexibility index (Phi) is 6.01. The number of ether oxygens (including phenoxy) is 1. The molecule has 1 N–H and O–H groups in total. The fourth-order valence-electron chi connectivity index (χ4n) is 1.57. The van der Waals surface area contributed by atoms with Gasteiger partial charge in [-0.25, -0.2) is 0 Å². The third kappa shape index (κ3) is 4.42. The summed E-state index contributed by atoms with van der Waals surface area (Å²) in [6.07, 6.45) is 0. The van der Waals surface area contributed by atoms with E-state index in [1.165, 1.54) is 11.5 Å². The monoisotopic (exact) mass is 387 g/mol. The first-order valence-electron chi connectivity index (χ1n) is 6.21. The van der Waals surface area contributed by atoms with Gasteiger partial charge in [-0.2, -0.15) is 9.36 Å². The summed E-state index contributed by atoms with van der Waals surface area (Å²) in [5.41, 5.74) is 0.614. The van der Waals surface area contributed by atoms with Crippen molar-refractivity contribution in [3.05, 3.63) is 28.2 Å². The van der Waals surface area contributed by atoms with Crippen LogP contribution in [0.15, 0.2) is 27.8 Å². The number of hydrogen-bond donors (Lipinski definition) is 1. The number of nitrogens with zero attached hydrogens (tertiary/aromatic N) is 2. The molecule has 0 aliphatic heterocycles. The molecular weight excluding hydrogens is 374 g/mol. The van der Waals surface area contributed by atoms with Crippen molar-refractivity contribution < 1.29 is 9.53 Å². The lowest BCUT2D eigenvalue weighted by atomic mass is 10.1. The molecule has 0 fully saturated rings. The van der Waals surface area contributed by atoms with Crippen molar-refractivity contribution >= 4 is 50.1 Å². The van der Waals surface area contributed by atoms with Crippen LogP contribution in [-0.4, -0.2) is 34.5 Å². The Labute approximate surface area is 139 Å². The molecule has 0 aliphatic rings. The van der Waals surface area contributed by atoms with Crippen LogP contribution in [0, 0.1) is 0 Å². The Morgan fingerprint density at radius 1 is 1.52 bits per heavy atom. The molecule has 8 heteroatoms. The van der Waals surface area contributed by atoms with Gasteiger partial charge < -0.3 is 10.1 Å². The van der Waals surface area contributed by atoms with E-state index in [0.29, 0.717) is 16.4 Å². The molecule has 0 saturated heterocycles. The average Bonchev–Trinajstić information content (AvgIpc) is 2.93. The Bertz CT molecular complexity index is 634. The molecule has 5 nitrogen and oxygen atoms in total. The maximum atomic E-state index is 12.1. The van der Waals surface area contributed by atoms with E-state index in [1.807, 2.05) is 6.92 Å². The number of anilines is 1. The summed E-state index contributed by atoms with van der Waals surface area (Å²) < 4.78 is 10.1. The van der Waals surface area contributed by atoms with Gasteiger partial charge in [-0.05, 0) is 39.9 Å². The molecule has 0 spiro atoms. The van der Waals surface area contributed by atoms with E-state index in [4.69, 9.17) is 4.74 Å². The molecule has 0 aliphatic carbocycles. The lowest BCUT2D eigenvalue weighted by molar-refractivity contribution is 0.101. The summed E-state index contributed by atoms with van der Waals surface area (Å²) in [5, 5.41) is 4.40. The molecule has 0 amide bonds. The number of nitrogens with one attached hydrogen (secondary N) is 1. The number of methoxy groups -OCH3 is 1. The van der Waals surface area contributed by atoms with Crippen molar-refractivity contribution in [2.75, 3.05) is 24.7 Å². The second-order valence-corrected chi connectivity index (χ2v) is 6.78. The van der Waals surface area contributed by atoms with Crippen LogP contribution >= 0.6 is 39.2 Å². The van der Waals surface area contributed by atoms with Crippen molar-refractivity contribution in [3.8, 4) is 5.75 Å². The van der Waals surface area contributed by atoms with Gasteiger partial charge in [0.05, 0.1) is 18.1 Å². The van der Waals surface area contributed by atoms with Gasteiger partial charge in [0, 0.05) is 17.1 Å².